The number of hydrogen-bond donors (Lipinski definition) is 1. The van der Waals surface area contributed by atoms with Gasteiger partial charge in [0.1, 0.15) is 11.6 Å². The summed E-state index contributed by atoms with van der Waals surface area (Å²) in [5, 5.41) is -0.148. The van der Waals surface area contributed by atoms with Crippen molar-refractivity contribution < 1.29 is 8.78 Å². The van der Waals surface area contributed by atoms with Crippen molar-refractivity contribution in [2.75, 3.05) is 0 Å². The molecule has 1 aromatic rings. The molecular weight excluding hydrogens is 178 g/mol. The summed E-state index contributed by atoms with van der Waals surface area (Å²) in [6.45, 7) is 0. The molecule has 0 radical (unpaired) electrons. The van der Waals surface area contributed by atoms with E-state index in [0.717, 1.165) is 6.07 Å². The van der Waals surface area contributed by atoms with Crippen molar-refractivity contribution in [1.29, 1.82) is 0 Å². The maximum atomic E-state index is 12.4. The predicted molar refractivity (Wildman–Crippen MR) is 38.6 cm³/mol. The molecule has 1 rings (SSSR count). The van der Waals surface area contributed by atoms with Gasteiger partial charge in [0.25, 0.3) is 0 Å². The summed E-state index contributed by atoms with van der Waals surface area (Å²) in [4.78, 5) is 0.110. The van der Waals surface area contributed by atoms with E-state index < -0.39 is 11.6 Å². The number of hydrogen-bond acceptors (Lipinski definition) is 1. The van der Waals surface area contributed by atoms with E-state index >= 15 is 0 Å². The predicted octanol–water partition coefficient (Wildman–Crippen LogP) is 2.91. The van der Waals surface area contributed by atoms with Gasteiger partial charge < -0.3 is 0 Å². The topological polar surface area (TPSA) is 0 Å². The van der Waals surface area contributed by atoms with E-state index in [4.69, 9.17) is 11.6 Å². The maximum absolute atomic E-state index is 12.4. The largest absolute Gasteiger partial charge is 0.207 e. The van der Waals surface area contributed by atoms with Crippen LogP contribution in [0.15, 0.2) is 17.0 Å². The van der Waals surface area contributed by atoms with Crippen molar-refractivity contribution in [1.82, 2.24) is 0 Å². The Hall–Kier alpha value is -0.280. The summed E-state index contributed by atoms with van der Waals surface area (Å²) in [5.41, 5.74) is 0. The van der Waals surface area contributed by atoms with Gasteiger partial charge in [-0.2, -0.15) is 0 Å². The minimum atomic E-state index is -0.785. The normalized spacial score (nSPS) is 10.0. The molecule has 0 fully saturated rings. The Bertz CT molecular complexity index is 239. The van der Waals surface area contributed by atoms with Gasteiger partial charge in [0, 0.05) is 11.0 Å². The third kappa shape index (κ3) is 1.41. The van der Waals surface area contributed by atoms with Crippen LogP contribution in [0.5, 0.6) is 0 Å². The third-order valence-corrected chi connectivity index (χ3v) is 1.84. The molecule has 0 aliphatic heterocycles. The second-order valence-electron chi connectivity index (χ2n) is 1.72. The average molecular weight is 181 g/mol. The lowest BCUT2D eigenvalue weighted by atomic mass is 10.3. The van der Waals surface area contributed by atoms with E-state index in [1.165, 1.54) is 0 Å². The van der Waals surface area contributed by atoms with E-state index in [1.54, 1.807) is 0 Å². The fraction of sp³-hybridized carbons (Fsp3) is 0. The van der Waals surface area contributed by atoms with E-state index in [-0.39, 0.29) is 9.92 Å². The Morgan fingerprint density at radius 2 is 1.90 bits per heavy atom. The second-order valence-corrected chi connectivity index (χ2v) is 2.58. The smallest absolute Gasteiger partial charge is 0.145 e. The Kier molecular flexibility index (Phi) is 2.16. The lowest BCUT2D eigenvalue weighted by Crippen LogP contribution is -1.81. The highest BCUT2D eigenvalue weighted by molar-refractivity contribution is 7.80. The van der Waals surface area contributed by atoms with Gasteiger partial charge in [-0.05, 0) is 6.07 Å². The minimum absolute atomic E-state index is 0.110. The van der Waals surface area contributed by atoms with Gasteiger partial charge in [0.15, 0.2) is 0 Å². The first kappa shape index (κ1) is 7.82. The van der Waals surface area contributed by atoms with Crippen LogP contribution < -0.4 is 0 Å². The summed E-state index contributed by atoms with van der Waals surface area (Å²) in [5.74, 6) is -1.46. The standard InChI is InChI=1S/C6H3ClF2S/c7-6-4(9)1-3(8)2-5(6)10/h1-2,10H. The average Bonchev–Trinajstić information content (AvgIpc) is 1.82. The third-order valence-electron chi connectivity index (χ3n) is 0.974. The summed E-state index contributed by atoms with van der Waals surface area (Å²) >= 11 is 9.06. The molecule has 0 bridgehead atoms. The summed E-state index contributed by atoms with van der Waals surface area (Å²) in [6.07, 6.45) is 0. The highest BCUT2D eigenvalue weighted by atomic mass is 35.5. The first-order valence-electron chi connectivity index (χ1n) is 2.45. The van der Waals surface area contributed by atoms with Crippen LogP contribution in [0.2, 0.25) is 5.02 Å². The Morgan fingerprint density at radius 1 is 1.30 bits per heavy atom. The quantitative estimate of drug-likeness (QED) is 0.461. The molecule has 0 unspecified atom stereocenters. The van der Waals surface area contributed by atoms with E-state index in [9.17, 15) is 8.78 Å². The molecule has 0 atom stereocenters. The van der Waals surface area contributed by atoms with Crippen molar-refractivity contribution in [3.8, 4) is 0 Å². The van der Waals surface area contributed by atoms with Gasteiger partial charge in [0.05, 0.1) is 5.02 Å². The van der Waals surface area contributed by atoms with E-state index in [1.807, 2.05) is 0 Å². The molecule has 0 spiro atoms. The molecular formula is C6H3ClF2S. The van der Waals surface area contributed by atoms with Crippen LogP contribution in [0.3, 0.4) is 0 Å². The van der Waals surface area contributed by atoms with E-state index in [2.05, 4.69) is 12.6 Å². The molecule has 0 heterocycles. The molecule has 0 amide bonds. The highest BCUT2D eigenvalue weighted by Gasteiger charge is 2.04. The molecule has 0 aliphatic carbocycles. The zero-order valence-corrected chi connectivity index (χ0v) is 6.39. The van der Waals surface area contributed by atoms with Crippen molar-refractivity contribution in [2.24, 2.45) is 0 Å². The first-order chi connectivity index (χ1) is 4.61. The molecule has 1 aromatic carbocycles. The van der Waals surface area contributed by atoms with Gasteiger partial charge >= 0.3 is 0 Å². The summed E-state index contributed by atoms with van der Waals surface area (Å²) in [6, 6.07) is 1.76. The van der Waals surface area contributed by atoms with Crippen molar-refractivity contribution in [3.05, 3.63) is 28.8 Å². The molecule has 0 nitrogen and oxygen atoms in total. The highest BCUT2D eigenvalue weighted by Crippen LogP contribution is 2.23. The van der Waals surface area contributed by atoms with Crippen LogP contribution in [-0.2, 0) is 0 Å². The Balaban J connectivity index is 3.31. The van der Waals surface area contributed by atoms with E-state index in [0.29, 0.717) is 6.07 Å². The fourth-order valence-corrected chi connectivity index (χ4v) is 0.882. The van der Waals surface area contributed by atoms with Crippen LogP contribution in [-0.4, -0.2) is 0 Å². The zero-order valence-electron chi connectivity index (χ0n) is 4.74. The Morgan fingerprint density at radius 3 is 2.40 bits per heavy atom. The van der Waals surface area contributed by atoms with Crippen LogP contribution in [0.4, 0.5) is 8.78 Å². The van der Waals surface area contributed by atoms with Crippen molar-refractivity contribution in [3.63, 3.8) is 0 Å². The molecule has 0 saturated heterocycles. The number of thiol groups is 1. The summed E-state index contributed by atoms with van der Waals surface area (Å²) < 4.78 is 24.7. The molecule has 0 aliphatic rings. The minimum Gasteiger partial charge on any atom is -0.207 e. The van der Waals surface area contributed by atoms with Gasteiger partial charge in [0.2, 0.25) is 0 Å². The molecule has 0 saturated carbocycles. The lowest BCUT2D eigenvalue weighted by Gasteiger charge is -1.96. The van der Waals surface area contributed by atoms with Gasteiger partial charge in [-0.3, -0.25) is 0 Å². The molecule has 54 valence electrons. The number of benzene rings is 1. The SMILES string of the molecule is Fc1cc(F)c(Cl)c(S)c1. The van der Waals surface area contributed by atoms with Crippen LogP contribution in [0.1, 0.15) is 0 Å². The second kappa shape index (κ2) is 2.76. The number of rotatable bonds is 0. The van der Waals surface area contributed by atoms with Gasteiger partial charge in [-0.1, -0.05) is 11.6 Å². The molecule has 10 heavy (non-hydrogen) atoms. The first-order valence-corrected chi connectivity index (χ1v) is 3.27. The maximum Gasteiger partial charge on any atom is 0.145 e. The van der Waals surface area contributed by atoms with Crippen molar-refractivity contribution >= 4 is 24.2 Å². The summed E-state index contributed by atoms with van der Waals surface area (Å²) in [7, 11) is 0. The van der Waals surface area contributed by atoms with Gasteiger partial charge in [-0.25, -0.2) is 8.78 Å². The number of halogens is 3. The van der Waals surface area contributed by atoms with Crippen LogP contribution >= 0.6 is 24.2 Å². The molecule has 0 aromatic heterocycles. The monoisotopic (exact) mass is 180 g/mol. The van der Waals surface area contributed by atoms with Gasteiger partial charge in [-0.15, -0.1) is 12.6 Å². The molecule has 0 N–H and O–H groups in total. The lowest BCUT2D eigenvalue weighted by molar-refractivity contribution is 0.578. The fourth-order valence-electron chi connectivity index (χ4n) is 0.542. The Labute approximate surface area is 67.2 Å². The zero-order chi connectivity index (χ0) is 7.72. The molecule has 4 heteroatoms. The van der Waals surface area contributed by atoms with Crippen LogP contribution in [0.25, 0.3) is 0 Å². The van der Waals surface area contributed by atoms with Crippen LogP contribution in [0, 0.1) is 11.6 Å². The van der Waals surface area contributed by atoms with Crippen molar-refractivity contribution in [2.45, 2.75) is 4.90 Å².